The Morgan fingerprint density at radius 1 is 1.60 bits per heavy atom. The molecule has 1 aromatic carbocycles. The van der Waals surface area contributed by atoms with E-state index in [1.54, 1.807) is 18.2 Å². The quantitative estimate of drug-likeness (QED) is 0.822. The maximum Gasteiger partial charge on any atom is 0.305 e. The van der Waals surface area contributed by atoms with Crippen LogP contribution >= 0.6 is 11.6 Å². The fourth-order valence-corrected chi connectivity index (χ4v) is 1.31. The average Bonchev–Trinajstić information content (AvgIpc) is 2.17. The van der Waals surface area contributed by atoms with E-state index < -0.39 is 5.97 Å². The molecule has 15 heavy (non-hydrogen) atoms. The molecule has 2 N–H and O–H groups in total. The van der Waals surface area contributed by atoms with Crippen molar-refractivity contribution in [1.29, 1.82) is 5.26 Å². The lowest BCUT2D eigenvalue weighted by atomic mass is 10.2. The van der Waals surface area contributed by atoms with Gasteiger partial charge >= 0.3 is 5.97 Å². The Bertz CT molecular complexity index is 412. The number of anilines is 1. The number of carbonyl (C=O) groups is 1. The van der Waals surface area contributed by atoms with Gasteiger partial charge in [-0.2, -0.15) is 5.26 Å². The number of nitriles is 1. The Hall–Kier alpha value is -1.73. The molecule has 0 unspecified atom stereocenters. The van der Waals surface area contributed by atoms with E-state index in [2.05, 4.69) is 5.32 Å². The summed E-state index contributed by atoms with van der Waals surface area (Å²) >= 11 is 5.79. The van der Waals surface area contributed by atoms with Gasteiger partial charge in [0, 0.05) is 6.54 Å². The number of benzene rings is 1. The molecule has 0 atom stereocenters. The van der Waals surface area contributed by atoms with Gasteiger partial charge in [0.1, 0.15) is 6.07 Å². The van der Waals surface area contributed by atoms with Gasteiger partial charge < -0.3 is 10.4 Å². The van der Waals surface area contributed by atoms with Crippen molar-refractivity contribution in [2.24, 2.45) is 0 Å². The summed E-state index contributed by atoms with van der Waals surface area (Å²) in [7, 11) is 0. The summed E-state index contributed by atoms with van der Waals surface area (Å²) in [6.07, 6.45) is -0.00260. The molecule has 0 saturated heterocycles. The van der Waals surface area contributed by atoms with Crippen molar-refractivity contribution >= 4 is 23.3 Å². The van der Waals surface area contributed by atoms with E-state index in [0.717, 1.165) is 0 Å². The Morgan fingerprint density at radius 3 is 2.93 bits per heavy atom. The number of rotatable bonds is 4. The number of carboxylic acid groups (broad SMARTS) is 1. The first kappa shape index (κ1) is 11.3. The number of hydrogen-bond acceptors (Lipinski definition) is 3. The van der Waals surface area contributed by atoms with Crippen molar-refractivity contribution in [3.63, 3.8) is 0 Å². The van der Waals surface area contributed by atoms with Crippen molar-refractivity contribution in [2.75, 3.05) is 11.9 Å². The van der Waals surface area contributed by atoms with E-state index in [9.17, 15) is 4.79 Å². The molecule has 78 valence electrons. The van der Waals surface area contributed by atoms with Crippen molar-refractivity contribution in [2.45, 2.75) is 6.42 Å². The number of nitrogens with zero attached hydrogens (tertiary/aromatic N) is 1. The molecule has 1 rings (SSSR count). The number of carboxylic acids is 1. The monoisotopic (exact) mass is 224 g/mol. The molecule has 1 aromatic rings. The zero-order chi connectivity index (χ0) is 11.3. The SMILES string of the molecule is N#Cc1c(Cl)cccc1NCCC(=O)O. The molecule has 0 radical (unpaired) electrons. The Labute approximate surface area is 92.1 Å². The van der Waals surface area contributed by atoms with Crippen molar-refractivity contribution < 1.29 is 9.90 Å². The molecule has 0 aliphatic rings. The third-order valence-electron chi connectivity index (χ3n) is 1.78. The Balaban J connectivity index is 2.73. The van der Waals surface area contributed by atoms with Crippen LogP contribution in [0.25, 0.3) is 0 Å². The van der Waals surface area contributed by atoms with Crippen LogP contribution in [-0.4, -0.2) is 17.6 Å². The highest BCUT2D eigenvalue weighted by atomic mass is 35.5. The molecule has 0 aromatic heterocycles. The summed E-state index contributed by atoms with van der Waals surface area (Å²) in [6.45, 7) is 0.268. The molecular weight excluding hydrogens is 216 g/mol. The predicted octanol–water partition coefficient (Wildman–Crippen LogP) is 2.10. The van der Waals surface area contributed by atoms with Crippen LogP contribution in [-0.2, 0) is 4.79 Å². The summed E-state index contributed by atoms with van der Waals surface area (Å²) in [5.74, 6) is -0.886. The first-order chi connectivity index (χ1) is 7.15. The number of aliphatic carboxylic acids is 1. The summed E-state index contributed by atoms with van der Waals surface area (Å²) in [6, 6.07) is 6.96. The van der Waals surface area contributed by atoms with Crippen LogP contribution in [0.15, 0.2) is 18.2 Å². The molecule has 0 bridgehead atoms. The first-order valence-electron chi connectivity index (χ1n) is 4.29. The lowest BCUT2D eigenvalue weighted by molar-refractivity contribution is -0.136. The minimum atomic E-state index is -0.886. The minimum absolute atomic E-state index is 0.00260. The highest BCUT2D eigenvalue weighted by Gasteiger charge is 2.05. The van der Waals surface area contributed by atoms with Crippen molar-refractivity contribution in [1.82, 2.24) is 0 Å². The van der Waals surface area contributed by atoms with E-state index in [0.29, 0.717) is 16.3 Å². The highest BCUT2D eigenvalue weighted by Crippen LogP contribution is 2.22. The summed E-state index contributed by atoms with van der Waals surface area (Å²) in [4.78, 5) is 10.3. The summed E-state index contributed by atoms with van der Waals surface area (Å²) in [5.41, 5.74) is 0.899. The van der Waals surface area contributed by atoms with Crippen LogP contribution in [0.3, 0.4) is 0 Å². The normalized spacial score (nSPS) is 9.33. The Kier molecular flexibility index (Phi) is 3.95. The maximum absolute atomic E-state index is 10.3. The van der Waals surface area contributed by atoms with Crippen LogP contribution in [0, 0.1) is 11.3 Å². The van der Waals surface area contributed by atoms with Gasteiger partial charge in [-0.05, 0) is 12.1 Å². The van der Waals surface area contributed by atoms with Crippen LogP contribution in [0.5, 0.6) is 0 Å². The molecule has 0 amide bonds. The molecule has 5 heteroatoms. The van der Waals surface area contributed by atoms with Gasteiger partial charge in [0.05, 0.1) is 22.7 Å². The lowest BCUT2D eigenvalue weighted by Gasteiger charge is -2.07. The maximum atomic E-state index is 10.3. The molecule has 4 nitrogen and oxygen atoms in total. The van der Waals surface area contributed by atoms with Gasteiger partial charge in [-0.15, -0.1) is 0 Å². The van der Waals surface area contributed by atoms with Crippen LogP contribution in [0.4, 0.5) is 5.69 Å². The second-order valence-corrected chi connectivity index (χ2v) is 3.25. The summed E-state index contributed by atoms with van der Waals surface area (Å²) in [5, 5.41) is 20.5. The van der Waals surface area contributed by atoms with Crippen LogP contribution in [0.1, 0.15) is 12.0 Å². The molecule has 0 heterocycles. The van der Waals surface area contributed by atoms with E-state index >= 15 is 0 Å². The van der Waals surface area contributed by atoms with Crippen LogP contribution < -0.4 is 5.32 Å². The fraction of sp³-hybridized carbons (Fsp3) is 0.200. The fourth-order valence-electron chi connectivity index (χ4n) is 1.09. The molecule has 0 aliphatic heterocycles. The molecular formula is C10H9ClN2O2. The Morgan fingerprint density at radius 2 is 2.33 bits per heavy atom. The zero-order valence-corrected chi connectivity index (χ0v) is 8.58. The zero-order valence-electron chi connectivity index (χ0n) is 7.83. The second kappa shape index (κ2) is 5.23. The van der Waals surface area contributed by atoms with Gasteiger partial charge in [-0.3, -0.25) is 4.79 Å². The van der Waals surface area contributed by atoms with Gasteiger partial charge in [0.15, 0.2) is 0 Å². The van der Waals surface area contributed by atoms with E-state index in [1.165, 1.54) is 0 Å². The largest absolute Gasteiger partial charge is 0.481 e. The molecule has 0 saturated carbocycles. The number of nitrogens with one attached hydrogen (secondary N) is 1. The predicted molar refractivity (Wildman–Crippen MR) is 56.9 cm³/mol. The number of halogens is 1. The first-order valence-corrected chi connectivity index (χ1v) is 4.67. The average molecular weight is 225 g/mol. The van der Waals surface area contributed by atoms with Crippen molar-refractivity contribution in [3.05, 3.63) is 28.8 Å². The number of hydrogen-bond donors (Lipinski definition) is 2. The molecule has 0 spiro atoms. The van der Waals surface area contributed by atoms with Gasteiger partial charge in [-0.25, -0.2) is 0 Å². The third kappa shape index (κ3) is 3.15. The highest BCUT2D eigenvalue weighted by molar-refractivity contribution is 6.32. The lowest BCUT2D eigenvalue weighted by Crippen LogP contribution is -2.08. The smallest absolute Gasteiger partial charge is 0.305 e. The van der Waals surface area contributed by atoms with E-state index in [-0.39, 0.29) is 13.0 Å². The standard InChI is InChI=1S/C10H9ClN2O2/c11-8-2-1-3-9(7(8)6-12)13-5-4-10(14)15/h1-3,13H,4-5H2,(H,14,15). The minimum Gasteiger partial charge on any atom is -0.481 e. The summed E-state index contributed by atoms with van der Waals surface area (Å²) < 4.78 is 0. The van der Waals surface area contributed by atoms with Gasteiger partial charge in [0.25, 0.3) is 0 Å². The molecule has 0 fully saturated rings. The topological polar surface area (TPSA) is 73.1 Å². The van der Waals surface area contributed by atoms with Crippen molar-refractivity contribution in [3.8, 4) is 6.07 Å². The van der Waals surface area contributed by atoms with Crippen LogP contribution in [0.2, 0.25) is 5.02 Å². The third-order valence-corrected chi connectivity index (χ3v) is 2.09. The van der Waals surface area contributed by atoms with E-state index in [4.69, 9.17) is 22.0 Å². The van der Waals surface area contributed by atoms with Gasteiger partial charge in [0.2, 0.25) is 0 Å². The molecule has 0 aliphatic carbocycles. The van der Waals surface area contributed by atoms with Gasteiger partial charge in [-0.1, -0.05) is 17.7 Å². The second-order valence-electron chi connectivity index (χ2n) is 2.84. The van der Waals surface area contributed by atoms with E-state index in [1.807, 2.05) is 6.07 Å².